The molecule has 0 unspecified atom stereocenters. The summed E-state index contributed by atoms with van der Waals surface area (Å²) in [6.07, 6.45) is 4.88. The second kappa shape index (κ2) is 7.05. The van der Waals surface area contributed by atoms with E-state index in [4.69, 9.17) is 12.2 Å². The Hall–Kier alpha value is -3.06. The van der Waals surface area contributed by atoms with E-state index in [0.29, 0.717) is 0 Å². The summed E-state index contributed by atoms with van der Waals surface area (Å²) in [5.41, 5.74) is 2.66. The van der Waals surface area contributed by atoms with Gasteiger partial charge in [-0.3, -0.25) is 19.8 Å². The van der Waals surface area contributed by atoms with Crippen LogP contribution in [0.25, 0.3) is 11.9 Å². The average molecular weight is 366 g/mol. The highest BCUT2D eigenvalue weighted by atomic mass is 32.1. The van der Waals surface area contributed by atoms with Crippen LogP contribution in [-0.2, 0) is 9.59 Å². The Balaban J connectivity index is 2.05. The normalized spacial score (nSPS) is 16.2. The second-order valence-electron chi connectivity index (χ2n) is 5.87. The summed E-state index contributed by atoms with van der Waals surface area (Å²) in [4.78, 5) is 30.6. The predicted molar refractivity (Wildman–Crippen MR) is 104 cm³/mol. The van der Waals surface area contributed by atoms with Gasteiger partial charge in [0, 0.05) is 24.1 Å². The number of carbonyl (C=O) groups excluding carboxylic acids is 2. The Morgan fingerprint density at radius 2 is 2.08 bits per heavy atom. The topological polar surface area (TPSA) is 67.2 Å². The fourth-order valence-electron chi connectivity index (χ4n) is 2.92. The first-order valence-corrected chi connectivity index (χ1v) is 8.45. The molecule has 1 aliphatic heterocycles. The maximum absolute atomic E-state index is 12.7. The van der Waals surface area contributed by atoms with E-state index in [1.165, 1.54) is 4.90 Å². The van der Waals surface area contributed by atoms with Crippen molar-refractivity contribution in [3.63, 3.8) is 0 Å². The molecule has 0 radical (unpaired) electrons. The van der Waals surface area contributed by atoms with Crippen LogP contribution in [0.1, 0.15) is 17.0 Å². The largest absolute Gasteiger partial charge is 0.303 e. The Labute approximate surface area is 156 Å². The SMILES string of the molecule is C=CCN1C(=O)C(=Cc2cc(C)n(-c3ccccn3)c2C)C(=O)NC1=S. The smallest absolute Gasteiger partial charge is 0.265 e. The van der Waals surface area contributed by atoms with Crippen molar-refractivity contribution in [3.8, 4) is 5.82 Å². The van der Waals surface area contributed by atoms with E-state index >= 15 is 0 Å². The van der Waals surface area contributed by atoms with E-state index in [1.807, 2.05) is 42.7 Å². The Kier molecular flexibility index (Phi) is 4.81. The van der Waals surface area contributed by atoms with E-state index in [-0.39, 0.29) is 17.2 Å². The van der Waals surface area contributed by atoms with E-state index in [2.05, 4.69) is 16.9 Å². The van der Waals surface area contributed by atoms with Crippen LogP contribution in [0.3, 0.4) is 0 Å². The molecule has 1 aliphatic rings. The molecule has 0 spiro atoms. The number of aromatic nitrogens is 2. The fourth-order valence-corrected chi connectivity index (χ4v) is 3.17. The Morgan fingerprint density at radius 3 is 2.73 bits per heavy atom. The monoisotopic (exact) mass is 366 g/mol. The van der Waals surface area contributed by atoms with Crippen LogP contribution in [0.2, 0.25) is 0 Å². The number of hydrogen-bond donors (Lipinski definition) is 1. The first-order chi connectivity index (χ1) is 12.4. The highest BCUT2D eigenvalue weighted by Crippen LogP contribution is 2.23. The summed E-state index contributed by atoms with van der Waals surface area (Å²) in [6, 6.07) is 7.58. The van der Waals surface area contributed by atoms with Crippen molar-refractivity contribution in [2.24, 2.45) is 0 Å². The fraction of sp³-hybridized carbons (Fsp3) is 0.158. The zero-order chi connectivity index (χ0) is 18.8. The van der Waals surface area contributed by atoms with Gasteiger partial charge in [-0.1, -0.05) is 12.1 Å². The van der Waals surface area contributed by atoms with Crippen molar-refractivity contribution in [1.29, 1.82) is 0 Å². The van der Waals surface area contributed by atoms with E-state index in [9.17, 15) is 9.59 Å². The molecule has 3 heterocycles. The molecule has 26 heavy (non-hydrogen) atoms. The van der Waals surface area contributed by atoms with Gasteiger partial charge in [0.05, 0.1) is 0 Å². The zero-order valence-corrected chi connectivity index (χ0v) is 15.3. The Bertz CT molecular complexity index is 944. The van der Waals surface area contributed by atoms with Crippen LogP contribution in [0.4, 0.5) is 0 Å². The first kappa shape index (κ1) is 17.8. The van der Waals surface area contributed by atoms with Gasteiger partial charge in [-0.15, -0.1) is 6.58 Å². The third kappa shape index (κ3) is 3.09. The van der Waals surface area contributed by atoms with Gasteiger partial charge >= 0.3 is 0 Å². The third-order valence-corrected chi connectivity index (χ3v) is 4.47. The summed E-state index contributed by atoms with van der Waals surface area (Å²) < 4.78 is 1.98. The second-order valence-corrected chi connectivity index (χ2v) is 6.26. The number of nitrogens with zero attached hydrogens (tertiary/aromatic N) is 3. The van der Waals surface area contributed by atoms with Crippen LogP contribution in [0.5, 0.6) is 0 Å². The summed E-state index contributed by atoms with van der Waals surface area (Å²) in [6.45, 7) is 7.73. The van der Waals surface area contributed by atoms with E-state index in [1.54, 1.807) is 18.3 Å². The van der Waals surface area contributed by atoms with Gasteiger partial charge in [-0.05, 0) is 55.9 Å². The lowest BCUT2D eigenvalue weighted by Crippen LogP contribution is -2.53. The molecule has 0 aromatic carbocycles. The van der Waals surface area contributed by atoms with Gasteiger partial charge in [0.15, 0.2) is 5.11 Å². The van der Waals surface area contributed by atoms with Gasteiger partial charge in [-0.2, -0.15) is 0 Å². The predicted octanol–water partition coefficient (Wildman–Crippen LogP) is 2.30. The van der Waals surface area contributed by atoms with Crippen molar-refractivity contribution < 1.29 is 9.59 Å². The van der Waals surface area contributed by atoms with Crippen molar-refractivity contribution in [1.82, 2.24) is 19.8 Å². The molecule has 2 amide bonds. The van der Waals surface area contributed by atoms with Crippen molar-refractivity contribution in [2.75, 3.05) is 6.54 Å². The molecule has 1 saturated heterocycles. The minimum atomic E-state index is -0.497. The van der Waals surface area contributed by atoms with Crippen LogP contribution in [0.15, 0.2) is 48.7 Å². The summed E-state index contributed by atoms with van der Waals surface area (Å²) in [5.74, 6) is -0.148. The molecule has 0 aliphatic carbocycles. The van der Waals surface area contributed by atoms with Crippen LogP contribution in [-0.4, -0.2) is 37.9 Å². The lowest BCUT2D eigenvalue weighted by atomic mass is 10.1. The number of hydrogen-bond acceptors (Lipinski definition) is 4. The molecular weight excluding hydrogens is 348 g/mol. The molecule has 1 fully saturated rings. The van der Waals surface area contributed by atoms with Crippen molar-refractivity contribution >= 4 is 35.2 Å². The molecule has 0 atom stereocenters. The molecule has 2 aromatic heterocycles. The van der Waals surface area contributed by atoms with E-state index < -0.39 is 11.8 Å². The lowest BCUT2D eigenvalue weighted by molar-refractivity contribution is -0.128. The summed E-state index contributed by atoms with van der Waals surface area (Å²) in [5, 5.41) is 2.64. The molecule has 1 N–H and O–H groups in total. The summed E-state index contributed by atoms with van der Waals surface area (Å²) >= 11 is 5.06. The first-order valence-electron chi connectivity index (χ1n) is 8.04. The Morgan fingerprint density at radius 1 is 1.31 bits per heavy atom. The standard InChI is InChI=1S/C19H18N4O2S/c1-4-9-22-18(25)15(17(24)21-19(22)26)11-14-10-12(2)23(13(14)3)16-7-5-6-8-20-16/h4-8,10-11H,1,9H2,2-3H3,(H,21,24,26). The molecule has 0 bridgehead atoms. The molecule has 7 heteroatoms. The molecule has 2 aromatic rings. The number of thiocarbonyl (C=S) groups is 1. The van der Waals surface area contributed by atoms with Gasteiger partial charge < -0.3 is 4.57 Å². The van der Waals surface area contributed by atoms with Crippen molar-refractivity contribution in [2.45, 2.75) is 13.8 Å². The molecular formula is C19H18N4O2S. The van der Waals surface area contributed by atoms with Gasteiger partial charge in [0.2, 0.25) is 0 Å². The van der Waals surface area contributed by atoms with Gasteiger partial charge in [0.25, 0.3) is 11.8 Å². The zero-order valence-electron chi connectivity index (χ0n) is 14.5. The van der Waals surface area contributed by atoms with Crippen LogP contribution in [0, 0.1) is 13.8 Å². The maximum atomic E-state index is 12.7. The quantitative estimate of drug-likeness (QED) is 0.390. The molecule has 0 saturated carbocycles. The number of amides is 2. The molecule has 3 rings (SSSR count). The van der Waals surface area contributed by atoms with E-state index in [0.717, 1.165) is 22.8 Å². The molecule has 6 nitrogen and oxygen atoms in total. The minimum Gasteiger partial charge on any atom is -0.303 e. The maximum Gasteiger partial charge on any atom is 0.265 e. The van der Waals surface area contributed by atoms with Crippen LogP contribution < -0.4 is 5.32 Å². The minimum absolute atomic E-state index is 0.0433. The number of aryl methyl sites for hydroxylation is 1. The molecule has 132 valence electrons. The summed E-state index contributed by atoms with van der Waals surface area (Å²) in [7, 11) is 0. The van der Waals surface area contributed by atoms with Gasteiger partial charge in [-0.25, -0.2) is 4.98 Å². The van der Waals surface area contributed by atoms with Crippen LogP contribution >= 0.6 is 12.2 Å². The number of nitrogens with one attached hydrogen (secondary N) is 1. The highest BCUT2D eigenvalue weighted by Gasteiger charge is 2.32. The number of rotatable bonds is 4. The van der Waals surface area contributed by atoms with Gasteiger partial charge in [0.1, 0.15) is 11.4 Å². The average Bonchev–Trinajstić information content (AvgIpc) is 2.89. The number of carbonyl (C=O) groups is 2. The lowest BCUT2D eigenvalue weighted by Gasteiger charge is -2.27. The number of pyridine rings is 1. The highest BCUT2D eigenvalue weighted by molar-refractivity contribution is 7.80. The van der Waals surface area contributed by atoms with Crippen molar-refractivity contribution in [3.05, 3.63) is 65.6 Å². The third-order valence-electron chi connectivity index (χ3n) is 4.15.